The SMILES string of the molecule is CCn1nc(C)cc1-c1ncc(-c2cc(C(N)=O)cc(OCCCOC)c2[N+](=O)[O-])cn1. The number of nitrogens with two attached hydrogens (primary N) is 1. The van der Waals surface area contributed by atoms with Crippen molar-refractivity contribution in [2.75, 3.05) is 20.3 Å². The van der Waals surface area contributed by atoms with E-state index < -0.39 is 10.8 Å². The van der Waals surface area contributed by atoms with E-state index in [0.717, 1.165) is 11.4 Å². The number of hydrogen-bond acceptors (Lipinski definition) is 8. The molecule has 0 atom stereocenters. The molecule has 0 aliphatic rings. The Labute approximate surface area is 184 Å². The van der Waals surface area contributed by atoms with Gasteiger partial charge in [-0.25, -0.2) is 9.97 Å². The third-order valence-corrected chi connectivity index (χ3v) is 4.69. The first-order valence-corrected chi connectivity index (χ1v) is 9.96. The average molecular weight is 440 g/mol. The van der Waals surface area contributed by atoms with E-state index >= 15 is 0 Å². The van der Waals surface area contributed by atoms with E-state index in [2.05, 4.69) is 15.1 Å². The van der Waals surface area contributed by atoms with Crippen molar-refractivity contribution in [3.8, 4) is 28.4 Å². The third-order valence-electron chi connectivity index (χ3n) is 4.69. The Morgan fingerprint density at radius 2 is 1.94 bits per heavy atom. The van der Waals surface area contributed by atoms with E-state index in [-0.39, 0.29) is 29.2 Å². The highest BCUT2D eigenvalue weighted by molar-refractivity contribution is 5.96. The lowest BCUT2D eigenvalue weighted by atomic mass is 10.0. The van der Waals surface area contributed by atoms with Gasteiger partial charge in [-0.1, -0.05) is 0 Å². The predicted molar refractivity (Wildman–Crippen MR) is 116 cm³/mol. The van der Waals surface area contributed by atoms with Gasteiger partial charge in [-0.2, -0.15) is 5.10 Å². The molecule has 0 radical (unpaired) electrons. The van der Waals surface area contributed by atoms with Gasteiger partial charge >= 0.3 is 5.69 Å². The number of amides is 1. The fourth-order valence-corrected chi connectivity index (χ4v) is 3.22. The molecule has 0 fully saturated rings. The second-order valence-corrected chi connectivity index (χ2v) is 6.97. The molecule has 0 unspecified atom stereocenters. The smallest absolute Gasteiger partial charge is 0.318 e. The molecular formula is C21H24N6O5. The number of nitrogens with zero attached hydrogens (tertiary/aromatic N) is 5. The fourth-order valence-electron chi connectivity index (χ4n) is 3.22. The van der Waals surface area contributed by atoms with Gasteiger partial charge in [-0.15, -0.1) is 0 Å². The van der Waals surface area contributed by atoms with Crippen molar-refractivity contribution < 1.29 is 19.2 Å². The van der Waals surface area contributed by atoms with Crippen LogP contribution in [0.4, 0.5) is 5.69 Å². The Morgan fingerprint density at radius 3 is 2.53 bits per heavy atom. The van der Waals surface area contributed by atoms with Crippen LogP contribution in [0.2, 0.25) is 0 Å². The highest BCUT2D eigenvalue weighted by Gasteiger charge is 2.26. The molecule has 2 heterocycles. The molecule has 0 bridgehead atoms. The summed E-state index contributed by atoms with van der Waals surface area (Å²) in [4.78, 5) is 31.9. The number of benzene rings is 1. The van der Waals surface area contributed by atoms with Gasteiger partial charge in [0, 0.05) is 56.3 Å². The van der Waals surface area contributed by atoms with Crippen molar-refractivity contribution >= 4 is 11.6 Å². The Balaban J connectivity index is 2.06. The molecular weight excluding hydrogens is 416 g/mol. The zero-order chi connectivity index (χ0) is 23.3. The Kier molecular flexibility index (Phi) is 7.11. The van der Waals surface area contributed by atoms with E-state index in [4.69, 9.17) is 15.2 Å². The van der Waals surface area contributed by atoms with Crippen molar-refractivity contribution in [1.82, 2.24) is 19.7 Å². The zero-order valence-corrected chi connectivity index (χ0v) is 18.1. The van der Waals surface area contributed by atoms with Gasteiger partial charge in [0.25, 0.3) is 0 Å². The minimum atomic E-state index is -0.734. The van der Waals surface area contributed by atoms with Gasteiger partial charge in [0.15, 0.2) is 11.6 Å². The third kappa shape index (κ3) is 4.89. The van der Waals surface area contributed by atoms with E-state index in [1.807, 2.05) is 19.9 Å². The van der Waals surface area contributed by atoms with E-state index in [1.165, 1.54) is 24.5 Å². The maximum Gasteiger partial charge on any atom is 0.318 e. The molecule has 1 aromatic carbocycles. The van der Waals surface area contributed by atoms with Crippen molar-refractivity contribution in [1.29, 1.82) is 0 Å². The number of aryl methyl sites for hydroxylation is 2. The summed E-state index contributed by atoms with van der Waals surface area (Å²) < 4.78 is 12.3. The molecule has 0 saturated carbocycles. The van der Waals surface area contributed by atoms with Crippen LogP contribution >= 0.6 is 0 Å². The number of ether oxygens (including phenoxy) is 2. The highest BCUT2D eigenvalue weighted by atomic mass is 16.6. The second-order valence-electron chi connectivity index (χ2n) is 6.97. The summed E-state index contributed by atoms with van der Waals surface area (Å²) in [5.74, 6) is -0.357. The van der Waals surface area contributed by atoms with Crippen LogP contribution in [0, 0.1) is 17.0 Å². The van der Waals surface area contributed by atoms with Gasteiger partial charge in [-0.05, 0) is 26.0 Å². The number of rotatable bonds is 10. The molecule has 11 heteroatoms. The minimum Gasteiger partial charge on any atom is -0.487 e. The average Bonchev–Trinajstić information content (AvgIpc) is 3.16. The Bertz CT molecular complexity index is 1130. The molecule has 1 amide bonds. The maximum absolute atomic E-state index is 11.9. The standard InChI is InChI=1S/C21H24N6O5/c1-4-26-17(8-13(2)25-26)21-23-11-15(12-24-21)16-9-14(20(22)28)10-18(19(16)27(29)30)32-7-5-6-31-3/h8-12H,4-7H2,1-3H3,(H2,22,28). The number of primary amides is 1. The number of nitro benzene ring substituents is 1. The molecule has 11 nitrogen and oxygen atoms in total. The summed E-state index contributed by atoms with van der Waals surface area (Å²) in [6.45, 7) is 5.07. The normalized spacial score (nSPS) is 10.8. The van der Waals surface area contributed by atoms with E-state index in [1.54, 1.807) is 11.8 Å². The van der Waals surface area contributed by atoms with Crippen LogP contribution in [0.1, 0.15) is 29.4 Å². The Morgan fingerprint density at radius 1 is 1.22 bits per heavy atom. The number of nitro groups is 1. The number of carbonyl (C=O) groups is 1. The summed E-state index contributed by atoms with van der Waals surface area (Å²) in [6, 6.07) is 4.48. The van der Waals surface area contributed by atoms with Gasteiger partial charge in [0.1, 0.15) is 5.69 Å². The minimum absolute atomic E-state index is 0.0545. The molecule has 0 aliphatic carbocycles. The first kappa shape index (κ1) is 22.8. The van der Waals surface area contributed by atoms with Crippen LogP contribution in [0.5, 0.6) is 5.75 Å². The highest BCUT2D eigenvalue weighted by Crippen LogP contribution is 2.39. The topological polar surface area (TPSA) is 148 Å². The monoisotopic (exact) mass is 440 g/mol. The number of carbonyl (C=O) groups excluding carboxylic acids is 1. The van der Waals surface area contributed by atoms with Crippen LogP contribution in [0.15, 0.2) is 30.6 Å². The molecule has 168 valence electrons. The van der Waals surface area contributed by atoms with Crippen molar-refractivity contribution in [2.24, 2.45) is 5.73 Å². The van der Waals surface area contributed by atoms with Crippen LogP contribution in [-0.4, -0.2) is 50.9 Å². The summed E-state index contributed by atoms with van der Waals surface area (Å²) in [5.41, 5.74) is 7.28. The molecule has 0 saturated heterocycles. The van der Waals surface area contributed by atoms with E-state index in [9.17, 15) is 14.9 Å². The lowest BCUT2D eigenvalue weighted by Gasteiger charge is -2.12. The van der Waals surface area contributed by atoms with Gasteiger partial charge in [0.05, 0.1) is 22.8 Å². The molecule has 3 aromatic rings. The molecule has 3 rings (SSSR count). The summed E-state index contributed by atoms with van der Waals surface area (Å²) in [6.07, 6.45) is 3.45. The molecule has 2 N–H and O–H groups in total. The van der Waals surface area contributed by atoms with Gasteiger partial charge < -0.3 is 15.2 Å². The van der Waals surface area contributed by atoms with Crippen molar-refractivity contribution in [3.63, 3.8) is 0 Å². The van der Waals surface area contributed by atoms with Crippen molar-refractivity contribution in [3.05, 3.63) is 52.0 Å². The number of aromatic nitrogens is 4. The van der Waals surface area contributed by atoms with E-state index in [0.29, 0.717) is 31.0 Å². The lowest BCUT2D eigenvalue weighted by molar-refractivity contribution is -0.385. The lowest BCUT2D eigenvalue weighted by Crippen LogP contribution is -2.13. The van der Waals surface area contributed by atoms with Crippen LogP contribution in [0.3, 0.4) is 0 Å². The molecule has 32 heavy (non-hydrogen) atoms. The second kappa shape index (κ2) is 9.96. The summed E-state index contributed by atoms with van der Waals surface area (Å²) >= 11 is 0. The number of hydrogen-bond donors (Lipinski definition) is 1. The first-order valence-electron chi connectivity index (χ1n) is 9.96. The fraction of sp³-hybridized carbons (Fsp3) is 0.333. The van der Waals surface area contributed by atoms with Gasteiger partial charge in [0.2, 0.25) is 5.91 Å². The largest absolute Gasteiger partial charge is 0.487 e. The van der Waals surface area contributed by atoms with Crippen LogP contribution in [0.25, 0.3) is 22.6 Å². The summed E-state index contributed by atoms with van der Waals surface area (Å²) in [5, 5.41) is 16.3. The zero-order valence-electron chi connectivity index (χ0n) is 18.1. The Hall–Kier alpha value is -3.86. The van der Waals surface area contributed by atoms with Crippen LogP contribution < -0.4 is 10.5 Å². The number of methoxy groups -OCH3 is 1. The van der Waals surface area contributed by atoms with Crippen LogP contribution in [-0.2, 0) is 11.3 Å². The molecule has 2 aromatic heterocycles. The summed E-state index contributed by atoms with van der Waals surface area (Å²) in [7, 11) is 1.55. The molecule has 0 aliphatic heterocycles. The van der Waals surface area contributed by atoms with Crippen molar-refractivity contribution in [2.45, 2.75) is 26.8 Å². The van der Waals surface area contributed by atoms with Gasteiger partial charge in [-0.3, -0.25) is 19.6 Å². The maximum atomic E-state index is 11.9. The predicted octanol–water partition coefficient (Wildman–Crippen LogP) is 2.76. The quantitative estimate of drug-likeness (QED) is 0.287. The first-order chi connectivity index (χ1) is 15.3. The molecule has 0 spiro atoms.